The molecule has 110 valence electrons. The fourth-order valence-electron chi connectivity index (χ4n) is 1.61. The van der Waals surface area contributed by atoms with Crippen molar-refractivity contribution >= 4 is 23.5 Å². The van der Waals surface area contributed by atoms with Crippen LogP contribution in [0.15, 0.2) is 59.7 Å². The van der Waals surface area contributed by atoms with Gasteiger partial charge in [-0.3, -0.25) is 4.99 Å². The van der Waals surface area contributed by atoms with Gasteiger partial charge in [-0.05, 0) is 39.0 Å². The van der Waals surface area contributed by atoms with Gasteiger partial charge in [0.1, 0.15) is 0 Å². The lowest BCUT2D eigenvalue weighted by Gasteiger charge is -2.24. The lowest BCUT2D eigenvalue weighted by atomic mass is 10.1. The van der Waals surface area contributed by atoms with E-state index < -0.39 is 0 Å². The molecule has 2 rings (SSSR count). The van der Waals surface area contributed by atoms with E-state index in [1.54, 1.807) is 17.3 Å². The molecule has 0 bridgehead atoms. The van der Waals surface area contributed by atoms with Crippen LogP contribution in [0.4, 0.5) is 5.69 Å². The van der Waals surface area contributed by atoms with Crippen molar-refractivity contribution < 1.29 is 4.84 Å². The lowest BCUT2D eigenvalue weighted by Crippen LogP contribution is -2.33. The summed E-state index contributed by atoms with van der Waals surface area (Å²) in [4.78, 5) is 14.5. The van der Waals surface area contributed by atoms with Gasteiger partial charge in [0, 0.05) is 12.3 Å². The summed E-state index contributed by atoms with van der Waals surface area (Å²) >= 11 is 4.48. The van der Waals surface area contributed by atoms with Gasteiger partial charge in [0.25, 0.3) is 0 Å². The van der Waals surface area contributed by atoms with E-state index in [1.807, 2.05) is 63.2 Å². The van der Waals surface area contributed by atoms with Crippen LogP contribution in [0.2, 0.25) is 0 Å². The Bertz CT molecular complexity index is 594. The third-order valence-corrected chi connectivity index (χ3v) is 2.71. The Labute approximate surface area is 130 Å². The number of pyridine rings is 1. The first-order chi connectivity index (χ1) is 9.96. The third kappa shape index (κ3) is 4.79. The van der Waals surface area contributed by atoms with Crippen LogP contribution in [0.3, 0.4) is 0 Å². The molecule has 1 heterocycles. The van der Waals surface area contributed by atoms with Crippen molar-refractivity contribution in [2.75, 3.05) is 5.06 Å². The van der Waals surface area contributed by atoms with Gasteiger partial charge >= 0.3 is 0 Å². The number of aliphatic imine (C=N–C) groups is 1. The van der Waals surface area contributed by atoms with Crippen molar-refractivity contribution in [3.63, 3.8) is 0 Å². The number of amidine groups is 1. The average Bonchev–Trinajstić information content (AvgIpc) is 2.45. The van der Waals surface area contributed by atoms with Gasteiger partial charge in [-0.2, -0.15) is 5.06 Å². The monoisotopic (exact) mass is 301 g/mol. The van der Waals surface area contributed by atoms with E-state index in [4.69, 9.17) is 4.84 Å². The van der Waals surface area contributed by atoms with Crippen molar-refractivity contribution in [1.29, 1.82) is 0 Å². The van der Waals surface area contributed by atoms with Crippen LogP contribution in [-0.2, 0) is 0 Å². The summed E-state index contributed by atoms with van der Waals surface area (Å²) < 4.78 is 0. The molecule has 0 atom stereocenters. The van der Waals surface area contributed by atoms with Gasteiger partial charge in [0.2, 0.25) is 5.88 Å². The first kappa shape index (κ1) is 15.4. The molecule has 0 amide bonds. The van der Waals surface area contributed by atoms with Crippen LogP contribution in [-0.4, -0.2) is 15.7 Å². The summed E-state index contributed by atoms with van der Waals surface area (Å²) in [7, 11) is 0. The Balaban J connectivity index is 2.34. The minimum Gasteiger partial charge on any atom is -0.352 e. The topological polar surface area (TPSA) is 37.7 Å². The minimum atomic E-state index is -0.252. The van der Waals surface area contributed by atoms with Crippen molar-refractivity contribution in [3.8, 4) is 5.88 Å². The minimum absolute atomic E-state index is 0.252. The maximum Gasteiger partial charge on any atom is 0.246 e. The summed E-state index contributed by atoms with van der Waals surface area (Å²) in [6, 6.07) is 15.2. The summed E-state index contributed by atoms with van der Waals surface area (Å²) in [5, 5.41) is 2.04. The van der Waals surface area contributed by atoms with Crippen molar-refractivity contribution in [3.05, 3.63) is 54.7 Å². The van der Waals surface area contributed by atoms with E-state index in [-0.39, 0.29) is 5.54 Å². The van der Waals surface area contributed by atoms with Gasteiger partial charge in [-0.15, -0.1) is 12.6 Å². The van der Waals surface area contributed by atoms with Crippen LogP contribution in [0, 0.1) is 0 Å². The van der Waals surface area contributed by atoms with Crippen LogP contribution in [0.5, 0.6) is 5.88 Å². The maximum absolute atomic E-state index is 5.82. The predicted octanol–water partition coefficient (Wildman–Crippen LogP) is 3.97. The van der Waals surface area contributed by atoms with E-state index in [9.17, 15) is 0 Å². The molecular formula is C16H19N3OS. The number of para-hydroxylation sites is 1. The molecule has 1 aromatic heterocycles. The first-order valence-corrected chi connectivity index (χ1v) is 7.13. The van der Waals surface area contributed by atoms with Gasteiger partial charge < -0.3 is 4.84 Å². The molecule has 0 N–H and O–H groups in total. The smallest absolute Gasteiger partial charge is 0.246 e. The molecule has 0 saturated carbocycles. The molecule has 2 aromatic rings. The van der Waals surface area contributed by atoms with E-state index >= 15 is 0 Å². The quantitative estimate of drug-likeness (QED) is 0.403. The second kappa shape index (κ2) is 6.63. The number of hydrogen-bond acceptors (Lipinski definition) is 3. The first-order valence-electron chi connectivity index (χ1n) is 6.69. The van der Waals surface area contributed by atoms with Crippen molar-refractivity contribution in [2.45, 2.75) is 26.3 Å². The molecule has 0 aliphatic heterocycles. The second-order valence-electron chi connectivity index (χ2n) is 5.47. The molecule has 0 saturated heterocycles. The number of nitrogens with zero attached hydrogens (tertiary/aromatic N) is 3. The van der Waals surface area contributed by atoms with Gasteiger partial charge in [-0.25, -0.2) is 4.98 Å². The van der Waals surface area contributed by atoms with Crippen molar-refractivity contribution in [2.24, 2.45) is 4.99 Å². The predicted molar refractivity (Wildman–Crippen MR) is 90.0 cm³/mol. The summed E-state index contributed by atoms with van der Waals surface area (Å²) in [6.45, 7) is 6.02. The highest BCUT2D eigenvalue weighted by atomic mass is 32.1. The standard InChI is InChI=1S/C16H19N3OS/c1-16(2,3)18-15(21)19(13-9-5-4-6-10-13)20-14-11-7-8-12-17-14/h4-12H,1-3H3,(H,18,21). The fourth-order valence-corrected chi connectivity index (χ4v) is 2.07. The summed E-state index contributed by atoms with van der Waals surface area (Å²) in [5.41, 5.74) is 0.582. The summed E-state index contributed by atoms with van der Waals surface area (Å²) in [6.07, 6.45) is 1.68. The van der Waals surface area contributed by atoms with Crippen LogP contribution in [0.1, 0.15) is 20.8 Å². The highest BCUT2D eigenvalue weighted by molar-refractivity contribution is 7.97. The number of benzene rings is 1. The highest BCUT2D eigenvalue weighted by Gasteiger charge is 2.17. The normalized spacial score (nSPS) is 12.1. The third-order valence-electron chi connectivity index (χ3n) is 2.43. The number of anilines is 1. The zero-order valence-electron chi connectivity index (χ0n) is 12.4. The Kier molecular flexibility index (Phi) is 4.85. The molecule has 0 aliphatic rings. The van der Waals surface area contributed by atoms with Crippen LogP contribution < -0.4 is 9.90 Å². The zero-order valence-corrected chi connectivity index (χ0v) is 13.3. The van der Waals surface area contributed by atoms with Crippen molar-refractivity contribution in [1.82, 2.24) is 4.98 Å². The fraction of sp³-hybridized carbons (Fsp3) is 0.250. The molecule has 0 fully saturated rings. The Morgan fingerprint density at radius 3 is 2.33 bits per heavy atom. The number of aromatic nitrogens is 1. The number of hydroxylamine groups is 1. The SMILES string of the molecule is CC(C)(C)N=C(S)N(Oc1ccccn1)c1ccccc1. The molecular weight excluding hydrogens is 282 g/mol. The highest BCUT2D eigenvalue weighted by Crippen LogP contribution is 2.20. The number of hydrogen-bond donors (Lipinski definition) is 1. The summed E-state index contributed by atoms with van der Waals surface area (Å²) in [5.74, 6) is 0.483. The lowest BCUT2D eigenvalue weighted by molar-refractivity contribution is 0.322. The Morgan fingerprint density at radius 1 is 1.10 bits per heavy atom. The van der Waals surface area contributed by atoms with E-state index in [2.05, 4.69) is 22.6 Å². The van der Waals surface area contributed by atoms with E-state index in [0.717, 1.165) is 5.69 Å². The van der Waals surface area contributed by atoms with E-state index in [0.29, 0.717) is 11.0 Å². The number of rotatable bonds is 3. The molecule has 0 unspecified atom stereocenters. The molecule has 4 nitrogen and oxygen atoms in total. The Morgan fingerprint density at radius 2 is 1.76 bits per heavy atom. The average molecular weight is 301 g/mol. The Hall–Kier alpha value is -2.01. The molecule has 1 aromatic carbocycles. The molecule has 0 radical (unpaired) electrons. The number of thiol groups is 1. The van der Waals surface area contributed by atoms with Gasteiger partial charge in [0.15, 0.2) is 5.17 Å². The van der Waals surface area contributed by atoms with Gasteiger partial charge in [-0.1, -0.05) is 24.3 Å². The van der Waals surface area contributed by atoms with Crippen LogP contribution >= 0.6 is 12.6 Å². The largest absolute Gasteiger partial charge is 0.352 e. The zero-order chi connectivity index (χ0) is 15.3. The van der Waals surface area contributed by atoms with E-state index in [1.165, 1.54) is 0 Å². The van der Waals surface area contributed by atoms with Gasteiger partial charge in [0.05, 0.1) is 11.2 Å². The molecule has 0 spiro atoms. The molecule has 0 aliphatic carbocycles. The molecule has 5 heteroatoms. The maximum atomic E-state index is 5.82. The molecule has 21 heavy (non-hydrogen) atoms. The second-order valence-corrected chi connectivity index (χ2v) is 5.87. The van der Waals surface area contributed by atoms with Crippen LogP contribution in [0.25, 0.3) is 0 Å².